The van der Waals surface area contributed by atoms with Crippen LogP contribution in [0.1, 0.15) is 32.7 Å². The average Bonchev–Trinajstić information content (AvgIpc) is 2.96. The van der Waals surface area contributed by atoms with Gasteiger partial charge in [-0.2, -0.15) is 13.2 Å². The first-order valence-electron chi connectivity index (χ1n) is 13.7. The third-order valence-corrected chi connectivity index (χ3v) is 9.24. The number of fused-ring (bicyclic) bond motifs is 1. The van der Waals surface area contributed by atoms with Gasteiger partial charge in [-0.05, 0) is 53.9 Å². The first-order valence-corrected chi connectivity index (χ1v) is 16.0. The van der Waals surface area contributed by atoms with Crippen LogP contribution in [0.15, 0.2) is 65.7 Å². The molecule has 0 bridgehead atoms. The average molecular weight is 731 g/mol. The van der Waals surface area contributed by atoms with Crippen molar-refractivity contribution >= 4 is 64.6 Å². The maximum atomic E-state index is 13.8. The summed E-state index contributed by atoms with van der Waals surface area (Å²) in [6.07, 6.45) is -0.792. The van der Waals surface area contributed by atoms with Gasteiger partial charge >= 0.3 is 6.18 Å². The topological polar surface area (TPSA) is 73.8 Å². The van der Waals surface area contributed by atoms with Gasteiger partial charge in [-0.3, -0.25) is 19.6 Å². The number of pyridine rings is 1. The minimum absolute atomic E-state index is 0. The number of rotatable bonds is 7. The van der Waals surface area contributed by atoms with E-state index < -0.39 is 32.4 Å². The van der Waals surface area contributed by atoms with Gasteiger partial charge in [-0.15, -0.1) is 37.2 Å². The number of hydrogen-bond donors (Lipinski definition) is 0. The molecule has 248 valence electrons. The number of aromatic nitrogens is 1. The van der Waals surface area contributed by atoms with Gasteiger partial charge in [0.15, 0.2) is 9.84 Å². The zero-order valence-electron chi connectivity index (χ0n) is 24.4. The number of piperazine rings is 1. The Kier molecular flexibility index (Phi) is 14.0. The molecule has 0 saturated carbocycles. The summed E-state index contributed by atoms with van der Waals surface area (Å²) in [5.41, 5.74) is 1.84. The van der Waals surface area contributed by atoms with Crippen LogP contribution in [-0.4, -0.2) is 85.6 Å². The molecule has 0 aliphatic carbocycles. The molecule has 0 spiro atoms. The first kappa shape index (κ1) is 39.1. The van der Waals surface area contributed by atoms with E-state index in [2.05, 4.69) is 20.9 Å². The number of hydrogen-bond acceptors (Lipinski definition) is 6. The Labute approximate surface area is 285 Å². The monoisotopic (exact) mass is 728 g/mol. The zero-order chi connectivity index (χ0) is 30.1. The van der Waals surface area contributed by atoms with Gasteiger partial charge < -0.3 is 4.90 Å². The lowest BCUT2D eigenvalue weighted by Gasteiger charge is -2.42. The third kappa shape index (κ3) is 9.93. The van der Waals surface area contributed by atoms with E-state index in [9.17, 15) is 26.4 Å². The number of sulfone groups is 1. The van der Waals surface area contributed by atoms with Crippen LogP contribution < -0.4 is 0 Å². The normalized spacial score (nSPS) is 17.4. The molecule has 1 atom stereocenters. The predicted octanol–water partition coefficient (Wildman–Crippen LogP) is 5.85. The van der Waals surface area contributed by atoms with E-state index in [0.29, 0.717) is 37.1 Å². The summed E-state index contributed by atoms with van der Waals surface area (Å²) in [5.74, 6) is -0.621. The molecule has 2 aromatic carbocycles. The predicted molar refractivity (Wildman–Crippen MR) is 176 cm³/mol. The number of benzene rings is 2. The minimum atomic E-state index is -4.80. The van der Waals surface area contributed by atoms with E-state index in [1.54, 1.807) is 17.0 Å². The van der Waals surface area contributed by atoms with Crippen LogP contribution in [0.4, 0.5) is 13.2 Å². The molecule has 15 heteroatoms. The van der Waals surface area contributed by atoms with Gasteiger partial charge in [0.25, 0.3) is 5.91 Å². The maximum Gasteiger partial charge on any atom is 0.416 e. The Morgan fingerprint density at radius 2 is 1.67 bits per heavy atom. The van der Waals surface area contributed by atoms with E-state index in [1.807, 2.05) is 24.4 Å². The van der Waals surface area contributed by atoms with Crippen molar-refractivity contribution in [3.8, 4) is 0 Å². The standard InChI is InChI=1S/C30H32ClF3N4O3S.3ClH/c1-42(40,41)27-17-23(16-24(18-27)30(32,33)34)29(39)38-14-13-37(20-26(38)15-21-4-6-25(31)7-5-21)12-11-36-10-8-28-22(19-36)3-2-9-35-28;;;/h2-7,9,16-18,26H,8,10-15,19-20H2,1H3;3*1H/t26-;;;/m1.../s1. The number of amides is 1. The van der Waals surface area contributed by atoms with Gasteiger partial charge in [0.1, 0.15) is 0 Å². The summed E-state index contributed by atoms with van der Waals surface area (Å²) in [4.78, 5) is 23.9. The summed E-state index contributed by atoms with van der Waals surface area (Å²) in [7, 11) is -3.98. The highest BCUT2D eigenvalue weighted by atomic mass is 35.5. The van der Waals surface area contributed by atoms with Crippen LogP contribution in [-0.2, 0) is 35.4 Å². The molecule has 45 heavy (non-hydrogen) atoms. The number of carbonyl (C=O) groups is 1. The Bertz CT molecular complexity index is 1560. The number of nitrogens with zero attached hydrogens (tertiary/aromatic N) is 4. The third-order valence-electron chi connectivity index (χ3n) is 7.90. The molecule has 3 heterocycles. The van der Waals surface area contributed by atoms with Crippen molar-refractivity contribution in [2.45, 2.75) is 36.5 Å². The quantitative estimate of drug-likeness (QED) is 0.304. The van der Waals surface area contributed by atoms with Crippen molar-refractivity contribution in [1.82, 2.24) is 19.7 Å². The molecule has 2 aliphatic rings. The van der Waals surface area contributed by atoms with Crippen LogP contribution >= 0.6 is 48.8 Å². The molecule has 2 aliphatic heterocycles. The number of halogens is 7. The van der Waals surface area contributed by atoms with Gasteiger partial charge in [0, 0.05) is 87.0 Å². The van der Waals surface area contributed by atoms with Crippen LogP contribution in [0.2, 0.25) is 5.02 Å². The summed E-state index contributed by atoms with van der Waals surface area (Å²) in [6, 6.07) is 13.3. The van der Waals surface area contributed by atoms with E-state index in [4.69, 9.17) is 11.6 Å². The minimum Gasteiger partial charge on any atom is -0.333 e. The largest absolute Gasteiger partial charge is 0.416 e. The van der Waals surface area contributed by atoms with Gasteiger partial charge in [0.2, 0.25) is 0 Å². The molecule has 7 nitrogen and oxygen atoms in total. The highest BCUT2D eigenvalue weighted by molar-refractivity contribution is 7.90. The smallest absolute Gasteiger partial charge is 0.333 e. The lowest BCUT2D eigenvalue weighted by atomic mass is 10.00. The molecule has 5 rings (SSSR count). The van der Waals surface area contributed by atoms with Crippen molar-refractivity contribution in [1.29, 1.82) is 0 Å². The van der Waals surface area contributed by atoms with E-state index in [-0.39, 0.29) is 48.8 Å². The highest BCUT2D eigenvalue weighted by Gasteiger charge is 2.36. The van der Waals surface area contributed by atoms with Crippen molar-refractivity contribution in [2.24, 2.45) is 0 Å². The molecule has 0 unspecified atom stereocenters. The van der Waals surface area contributed by atoms with Crippen molar-refractivity contribution in [3.05, 3.63) is 93.8 Å². The van der Waals surface area contributed by atoms with E-state index >= 15 is 0 Å². The molecule has 1 saturated heterocycles. The molecule has 1 fully saturated rings. The second-order valence-electron chi connectivity index (χ2n) is 10.9. The van der Waals surface area contributed by atoms with Gasteiger partial charge in [-0.1, -0.05) is 29.8 Å². The first-order chi connectivity index (χ1) is 19.9. The zero-order valence-corrected chi connectivity index (χ0v) is 28.4. The van der Waals surface area contributed by atoms with Gasteiger partial charge in [-0.25, -0.2) is 8.42 Å². The van der Waals surface area contributed by atoms with Crippen LogP contribution in [0, 0.1) is 0 Å². The van der Waals surface area contributed by atoms with Crippen molar-refractivity contribution in [3.63, 3.8) is 0 Å². The molecule has 0 radical (unpaired) electrons. The fourth-order valence-corrected chi connectivity index (χ4v) is 6.43. The Hall–Kier alpha value is -2.12. The Morgan fingerprint density at radius 1 is 0.978 bits per heavy atom. The van der Waals surface area contributed by atoms with Crippen LogP contribution in [0.25, 0.3) is 0 Å². The molecular formula is C30H35Cl4F3N4O3S. The summed E-state index contributed by atoms with van der Waals surface area (Å²) >= 11 is 6.06. The summed E-state index contributed by atoms with van der Waals surface area (Å²) in [5, 5.41) is 0.576. The van der Waals surface area contributed by atoms with E-state index in [1.165, 1.54) is 5.56 Å². The number of alkyl halides is 3. The molecule has 3 aromatic rings. The Morgan fingerprint density at radius 3 is 2.33 bits per heavy atom. The summed E-state index contributed by atoms with van der Waals surface area (Å²) < 4.78 is 65.4. The second-order valence-corrected chi connectivity index (χ2v) is 13.4. The lowest BCUT2D eigenvalue weighted by Crippen LogP contribution is -2.57. The Balaban J connectivity index is 0.00000235. The highest BCUT2D eigenvalue weighted by Crippen LogP contribution is 2.32. The maximum absolute atomic E-state index is 13.8. The molecule has 1 aromatic heterocycles. The molecule has 0 N–H and O–H groups in total. The second kappa shape index (κ2) is 16.1. The van der Waals surface area contributed by atoms with Gasteiger partial charge in [0.05, 0.1) is 10.5 Å². The van der Waals surface area contributed by atoms with Crippen molar-refractivity contribution in [2.75, 3.05) is 45.5 Å². The van der Waals surface area contributed by atoms with Crippen LogP contribution in [0.3, 0.4) is 0 Å². The van der Waals surface area contributed by atoms with Crippen molar-refractivity contribution < 1.29 is 26.4 Å². The summed E-state index contributed by atoms with van der Waals surface area (Å²) in [6.45, 7) is 4.72. The lowest BCUT2D eigenvalue weighted by molar-refractivity contribution is -0.137. The van der Waals surface area contributed by atoms with E-state index in [0.717, 1.165) is 62.2 Å². The number of carbonyl (C=O) groups excluding carboxylic acids is 1. The van der Waals surface area contributed by atoms with Crippen LogP contribution in [0.5, 0.6) is 0 Å². The molecular weight excluding hydrogens is 695 g/mol. The fraction of sp³-hybridized carbons (Fsp3) is 0.400. The SMILES string of the molecule is CS(=O)(=O)c1cc(C(=O)N2CCN(CCN3CCc4ncccc4C3)C[C@H]2Cc2ccc(Cl)cc2)cc(C(F)(F)F)c1.Cl.Cl.Cl. The fourth-order valence-electron chi connectivity index (χ4n) is 5.62. The molecule has 1 amide bonds.